The molecule has 0 unspecified atom stereocenters. The van der Waals surface area contributed by atoms with Crippen LogP contribution in [0.1, 0.15) is 37.4 Å². The number of hydrogen-bond acceptors (Lipinski definition) is 4. The first-order chi connectivity index (χ1) is 9.34. The molecule has 5 heteroatoms. The van der Waals surface area contributed by atoms with E-state index in [1.807, 2.05) is 52.0 Å². The number of fused-ring (bicyclic) bond motifs is 1. The Labute approximate surface area is 123 Å². The van der Waals surface area contributed by atoms with Crippen molar-refractivity contribution < 1.29 is 14.1 Å². The lowest BCUT2D eigenvalue weighted by atomic mass is 9.78. The molecule has 1 aliphatic heterocycles. The van der Waals surface area contributed by atoms with Crippen molar-refractivity contribution in [1.82, 2.24) is 0 Å². The van der Waals surface area contributed by atoms with Gasteiger partial charge in [-0.3, -0.25) is 4.79 Å². The van der Waals surface area contributed by atoms with Crippen molar-refractivity contribution in [3.05, 3.63) is 29.1 Å². The molecule has 0 aliphatic carbocycles. The van der Waals surface area contributed by atoms with Gasteiger partial charge in [0.1, 0.15) is 0 Å². The van der Waals surface area contributed by atoms with E-state index in [1.165, 1.54) is 11.3 Å². The lowest BCUT2D eigenvalue weighted by molar-refractivity contribution is 0.00578. The Balaban J connectivity index is 2.08. The predicted molar refractivity (Wildman–Crippen MR) is 82.9 cm³/mol. The number of thiophene rings is 1. The van der Waals surface area contributed by atoms with Gasteiger partial charge in [0.2, 0.25) is 0 Å². The van der Waals surface area contributed by atoms with E-state index in [0.29, 0.717) is 0 Å². The number of benzene rings is 1. The normalized spacial score (nSPS) is 20.5. The van der Waals surface area contributed by atoms with Crippen LogP contribution < -0.4 is 5.46 Å². The summed E-state index contributed by atoms with van der Waals surface area (Å²) in [5, 5.41) is 1.06. The van der Waals surface area contributed by atoms with Gasteiger partial charge in [-0.05, 0) is 39.1 Å². The van der Waals surface area contributed by atoms with Crippen molar-refractivity contribution in [2.75, 3.05) is 0 Å². The largest absolute Gasteiger partial charge is 0.496 e. The lowest BCUT2D eigenvalue weighted by Crippen LogP contribution is -2.41. The van der Waals surface area contributed by atoms with Gasteiger partial charge in [-0.2, -0.15) is 0 Å². The Morgan fingerprint density at radius 3 is 2.40 bits per heavy atom. The van der Waals surface area contributed by atoms with Gasteiger partial charge in [0.15, 0.2) is 6.29 Å². The van der Waals surface area contributed by atoms with E-state index in [2.05, 4.69) is 0 Å². The molecular formula is C15H17BO3S. The van der Waals surface area contributed by atoms with E-state index in [9.17, 15) is 4.79 Å². The van der Waals surface area contributed by atoms with Crippen molar-refractivity contribution in [3.8, 4) is 0 Å². The van der Waals surface area contributed by atoms with Crippen LogP contribution in [-0.4, -0.2) is 24.6 Å². The maximum absolute atomic E-state index is 11.0. The van der Waals surface area contributed by atoms with Crippen LogP contribution in [0.5, 0.6) is 0 Å². The summed E-state index contributed by atoms with van der Waals surface area (Å²) in [5.74, 6) is 0. The van der Waals surface area contributed by atoms with Gasteiger partial charge in [0, 0.05) is 10.2 Å². The molecule has 0 atom stereocenters. The minimum absolute atomic E-state index is 0.357. The summed E-state index contributed by atoms with van der Waals surface area (Å²) < 4.78 is 13.3. The molecule has 104 valence electrons. The summed E-state index contributed by atoms with van der Waals surface area (Å²) in [6.07, 6.45) is 0.888. The van der Waals surface area contributed by atoms with Crippen molar-refractivity contribution in [3.63, 3.8) is 0 Å². The minimum Gasteiger partial charge on any atom is -0.399 e. The molecular weight excluding hydrogens is 271 g/mol. The molecule has 1 fully saturated rings. The van der Waals surface area contributed by atoms with Crippen LogP contribution in [0.3, 0.4) is 0 Å². The number of carbonyl (C=O) groups is 1. The van der Waals surface area contributed by atoms with Crippen LogP contribution in [0, 0.1) is 0 Å². The second kappa shape index (κ2) is 4.42. The zero-order valence-electron chi connectivity index (χ0n) is 12.1. The monoisotopic (exact) mass is 288 g/mol. The zero-order chi connectivity index (χ0) is 14.5. The maximum atomic E-state index is 11.0. The minimum atomic E-state index is -0.387. The third kappa shape index (κ3) is 2.01. The van der Waals surface area contributed by atoms with Crippen molar-refractivity contribution >= 4 is 40.3 Å². The fourth-order valence-corrected chi connectivity index (χ4v) is 3.32. The molecule has 3 nitrogen and oxygen atoms in total. The molecule has 0 saturated carbocycles. The van der Waals surface area contributed by atoms with Gasteiger partial charge >= 0.3 is 7.12 Å². The fraction of sp³-hybridized carbons (Fsp3) is 0.400. The lowest BCUT2D eigenvalue weighted by Gasteiger charge is -2.32. The van der Waals surface area contributed by atoms with Crippen molar-refractivity contribution in [2.24, 2.45) is 0 Å². The first-order valence-corrected chi connectivity index (χ1v) is 7.49. The molecule has 20 heavy (non-hydrogen) atoms. The third-order valence-electron chi connectivity index (χ3n) is 4.22. The third-order valence-corrected chi connectivity index (χ3v) is 5.34. The van der Waals surface area contributed by atoms with Crippen LogP contribution in [-0.2, 0) is 9.31 Å². The summed E-state index contributed by atoms with van der Waals surface area (Å²) >= 11 is 1.48. The molecule has 2 heterocycles. The highest BCUT2D eigenvalue weighted by atomic mass is 32.1. The molecule has 0 spiro atoms. The van der Waals surface area contributed by atoms with E-state index in [1.54, 1.807) is 0 Å². The topological polar surface area (TPSA) is 35.5 Å². The molecule has 0 bridgehead atoms. The van der Waals surface area contributed by atoms with Crippen LogP contribution in [0.25, 0.3) is 10.1 Å². The van der Waals surface area contributed by atoms with E-state index in [-0.39, 0.29) is 18.3 Å². The quantitative estimate of drug-likeness (QED) is 0.629. The Bertz CT molecular complexity index is 659. The van der Waals surface area contributed by atoms with Crippen LogP contribution in [0.2, 0.25) is 0 Å². The second-order valence-electron chi connectivity index (χ2n) is 6.12. The van der Waals surface area contributed by atoms with Crippen LogP contribution in [0.15, 0.2) is 24.3 Å². The molecule has 0 amide bonds. The summed E-state index contributed by atoms with van der Waals surface area (Å²) in [7, 11) is -0.387. The summed E-state index contributed by atoms with van der Waals surface area (Å²) in [6, 6.07) is 7.90. The zero-order valence-corrected chi connectivity index (χ0v) is 12.9. The molecule has 1 saturated heterocycles. The summed E-state index contributed by atoms with van der Waals surface area (Å²) in [4.78, 5) is 11.7. The molecule has 0 N–H and O–H groups in total. The van der Waals surface area contributed by atoms with Crippen LogP contribution in [0.4, 0.5) is 0 Å². The Hall–Kier alpha value is -1.17. The van der Waals surface area contributed by atoms with Gasteiger partial charge in [0.05, 0.1) is 16.1 Å². The number of aldehydes is 1. The molecule has 1 aliphatic rings. The van der Waals surface area contributed by atoms with Gasteiger partial charge in [-0.15, -0.1) is 11.3 Å². The second-order valence-corrected chi connectivity index (χ2v) is 7.20. The highest BCUT2D eigenvalue weighted by Gasteiger charge is 2.52. The summed E-state index contributed by atoms with van der Waals surface area (Å²) in [5.41, 5.74) is 0.286. The molecule has 0 radical (unpaired) electrons. The van der Waals surface area contributed by atoms with E-state index < -0.39 is 0 Å². The van der Waals surface area contributed by atoms with Crippen LogP contribution >= 0.6 is 11.3 Å². The first-order valence-electron chi connectivity index (χ1n) is 6.67. The SMILES string of the molecule is CC1(C)OB(c2cccc3cc(C=O)sc23)OC1(C)C. The van der Waals surface area contributed by atoms with Crippen molar-refractivity contribution in [2.45, 2.75) is 38.9 Å². The maximum Gasteiger partial charge on any atom is 0.496 e. The van der Waals surface area contributed by atoms with Gasteiger partial charge in [-0.25, -0.2) is 0 Å². The van der Waals surface area contributed by atoms with E-state index in [4.69, 9.17) is 9.31 Å². The van der Waals surface area contributed by atoms with Crippen molar-refractivity contribution in [1.29, 1.82) is 0 Å². The Morgan fingerprint density at radius 2 is 1.80 bits per heavy atom. The average molecular weight is 288 g/mol. The van der Waals surface area contributed by atoms with E-state index >= 15 is 0 Å². The van der Waals surface area contributed by atoms with Gasteiger partial charge in [0.25, 0.3) is 0 Å². The Morgan fingerprint density at radius 1 is 1.15 bits per heavy atom. The number of hydrogen-bond donors (Lipinski definition) is 0. The molecule has 3 rings (SSSR count). The van der Waals surface area contributed by atoms with E-state index in [0.717, 1.165) is 26.7 Å². The highest BCUT2D eigenvalue weighted by Crippen LogP contribution is 2.37. The predicted octanol–water partition coefficient (Wildman–Crippen LogP) is 3.01. The summed E-state index contributed by atoms with van der Waals surface area (Å²) in [6.45, 7) is 8.16. The number of carbonyl (C=O) groups excluding carboxylic acids is 1. The van der Waals surface area contributed by atoms with Gasteiger partial charge in [-0.1, -0.05) is 18.2 Å². The fourth-order valence-electron chi connectivity index (χ4n) is 2.32. The first kappa shape index (κ1) is 13.8. The molecule has 1 aromatic heterocycles. The Kier molecular flexibility index (Phi) is 3.05. The standard InChI is InChI=1S/C15H17BO3S/c1-14(2)15(3,4)19-16(18-14)12-7-5-6-10-8-11(9-17)20-13(10)12/h5-9H,1-4H3. The van der Waals surface area contributed by atoms with Gasteiger partial charge < -0.3 is 9.31 Å². The number of rotatable bonds is 2. The highest BCUT2D eigenvalue weighted by molar-refractivity contribution is 7.22. The molecule has 2 aromatic rings. The molecule has 1 aromatic carbocycles. The average Bonchev–Trinajstić information content (AvgIpc) is 2.87. The smallest absolute Gasteiger partial charge is 0.399 e.